The lowest BCUT2D eigenvalue weighted by molar-refractivity contribution is 0.105. The number of hydrogen-bond acceptors (Lipinski definition) is 9. The Balaban J connectivity index is 1.91. The van der Waals surface area contributed by atoms with E-state index in [0.717, 1.165) is 26.3 Å². The fraction of sp³-hybridized carbons (Fsp3) is 0.235. The summed E-state index contributed by atoms with van der Waals surface area (Å²) in [6.07, 6.45) is 3.33. The first kappa shape index (κ1) is 21.5. The van der Waals surface area contributed by atoms with Crippen LogP contribution in [-0.2, 0) is 9.68 Å². The fourth-order valence-corrected chi connectivity index (χ4v) is 2.58. The summed E-state index contributed by atoms with van der Waals surface area (Å²) < 4.78 is 2.06. The van der Waals surface area contributed by atoms with Gasteiger partial charge in [-0.3, -0.25) is 14.5 Å². The molecule has 0 radical (unpaired) electrons. The van der Waals surface area contributed by atoms with Gasteiger partial charge in [-0.15, -0.1) is 11.8 Å². The summed E-state index contributed by atoms with van der Waals surface area (Å²) in [5, 5.41) is 7.81. The van der Waals surface area contributed by atoms with E-state index in [1.165, 1.54) is 31.9 Å². The zero-order valence-electron chi connectivity index (χ0n) is 15.6. The third-order valence-electron chi connectivity index (χ3n) is 3.39. The van der Waals surface area contributed by atoms with Crippen molar-refractivity contribution in [1.82, 2.24) is 8.61 Å². The number of thioether (sulfide) groups is 1. The molecule has 1 aliphatic carbocycles. The number of nitrogens with zero attached hydrogens (tertiary/aromatic N) is 4. The second-order valence-electron chi connectivity index (χ2n) is 5.33. The van der Waals surface area contributed by atoms with Crippen molar-refractivity contribution in [2.75, 3.05) is 20.4 Å². The average molecular weight is 422 g/mol. The molecule has 0 saturated carbocycles. The monoisotopic (exact) mass is 422 g/mol. The lowest BCUT2D eigenvalue weighted by Gasteiger charge is -2.19. The van der Waals surface area contributed by atoms with E-state index in [-0.39, 0.29) is 11.5 Å². The maximum Gasteiger partial charge on any atom is 0.447 e. The SMILES string of the molecule is CSC(C)=NOC(=O)N(C)SN(C)C(=O)ON=C1C=Cc2ccccc2C1=O. The van der Waals surface area contributed by atoms with Gasteiger partial charge in [0.2, 0.25) is 5.78 Å². The molecule has 1 aromatic rings. The number of oxime groups is 2. The van der Waals surface area contributed by atoms with Gasteiger partial charge < -0.3 is 0 Å². The van der Waals surface area contributed by atoms with Crippen molar-refractivity contribution in [1.29, 1.82) is 0 Å². The summed E-state index contributed by atoms with van der Waals surface area (Å²) in [5.74, 6) is -0.344. The van der Waals surface area contributed by atoms with E-state index < -0.39 is 12.2 Å². The van der Waals surface area contributed by atoms with Crippen molar-refractivity contribution < 1.29 is 24.1 Å². The Bertz CT molecular complexity index is 869. The Labute approximate surface area is 170 Å². The molecule has 0 heterocycles. The van der Waals surface area contributed by atoms with Crippen molar-refractivity contribution in [2.24, 2.45) is 10.3 Å². The maximum absolute atomic E-state index is 12.3. The summed E-state index contributed by atoms with van der Waals surface area (Å²) in [5.41, 5.74) is 1.25. The van der Waals surface area contributed by atoms with Crippen molar-refractivity contribution in [2.45, 2.75) is 6.92 Å². The first-order chi connectivity index (χ1) is 13.3. The van der Waals surface area contributed by atoms with Gasteiger partial charge in [-0.1, -0.05) is 40.7 Å². The highest BCUT2D eigenvalue weighted by Crippen LogP contribution is 2.18. The highest BCUT2D eigenvalue weighted by atomic mass is 32.2. The van der Waals surface area contributed by atoms with Crippen LogP contribution in [-0.4, -0.2) is 57.7 Å². The lowest BCUT2D eigenvalue weighted by Crippen LogP contribution is -2.29. The third kappa shape index (κ3) is 5.60. The van der Waals surface area contributed by atoms with Crippen LogP contribution in [0.2, 0.25) is 0 Å². The zero-order valence-corrected chi connectivity index (χ0v) is 17.2. The summed E-state index contributed by atoms with van der Waals surface area (Å²) in [7, 11) is 2.78. The Morgan fingerprint density at radius 2 is 1.68 bits per heavy atom. The number of ketones is 1. The van der Waals surface area contributed by atoms with Gasteiger partial charge in [-0.2, -0.15) is 0 Å². The molecule has 1 aliphatic rings. The molecular formula is C17H18N4O5S2. The van der Waals surface area contributed by atoms with E-state index in [2.05, 4.69) is 10.3 Å². The summed E-state index contributed by atoms with van der Waals surface area (Å²) in [6.45, 7) is 1.69. The van der Waals surface area contributed by atoms with Gasteiger partial charge in [0, 0.05) is 19.7 Å². The minimum absolute atomic E-state index is 0.0000855. The van der Waals surface area contributed by atoms with Gasteiger partial charge in [0.1, 0.15) is 5.04 Å². The molecule has 2 amide bonds. The number of carbonyl (C=O) groups excluding carboxylic acids is 3. The number of fused-ring (bicyclic) bond motifs is 1. The molecule has 0 aliphatic heterocycles. The van der Waals surface area contributed by atoms with Gasteiger partial charge in [0.05, 0.1) is 12.1 Å². The molecule has 0 fully saturated rings. The number of amides is 2. The Kier molecular flexibility index (Phi) is 7.64. The topological polar surface area (TPSA) is 101 Å². The van der Waals surface area contributed by atoms with Gasteiger partial charge in [-0.25, -0.2) is 18.2 Å². The van der Waals surface area contributed by atoms with Crippen LogP contribution in [0.1, 0.15) is 22.8 Å². The van der Waals surface area contributed by atoms with Crippen LogP contribution < -0.4 is 0 Å². The molecule has 0 unspecified atom stereocenters. The van der Waals surface area contributed by atoms with Gasteiger partial charge in [0.25, 0.3) is 0 Å². The summed E-state index contributed by atoms with van der Waals surface area (Å²) in [4.78, 5) is 45.7. The van der Waals surface area contributed by atoms with Crippen molar-refractivity contribution in [3.8, 4) is 0 Å². The van der Waals surface area contributed by atoms with Crippen LogP contribution in [0.5, 0.6) is 0 Å². The van der Waals surface area contributed by atoms with Crippen LogP contribution >= 0.6 is 23.9 Å². The average Bonchev–Trinajstić information content (AvgIpc) is 2.70. The van der Waals surface area contributed by atoms with Crippen molar-refractivity contribution >= 4 is 58.7 Å². The third-order valence-corrected chi connectivity index (χ3v) is 4.84. The highest BCUT2D eigenvalue weighted by molar-refractivity contribution is 8.13. The lowest BCUT2D eigenvalue weighted by atomic mass is 9.95. The van der Waals surface area contributed by atoms with Crippen LogP contribution in [0.3, 0.4) is 0 Å². The molecule has 0 N–H and O–H groups in total. The zero-order chi connectivity index (χ0) is 20.7. The molecule has 0 atom stereocenters. The molecule has 1 aromatic carbocycles. The molecule has 0 saturated heterocycles. The smallest absolute Gasteiger partial charge is 0.296 e. The number of hydrogen-bond donors (Lipinski definition) is 0. The number of rotatable bonds is 4. The quantitative estimate of drug-likeness (QED) is 0.240. The van der Waals surface area contributed by atoms with Gasteiger partial charge in [-0.05, 0) is 24.8 Å². The first-order valence-electron chi connectivity index (χ1n) is 7.89. The fourth-order valence-electron chi connectivity index (χ4n) is 1.90. The molecule has 28 heavy (non-hydrogen) atoms. The predicted molar refractivity (Wildman–Crippen MR) is 110 cm³/mol. The Morgan fingerprint density at radius 3 is 2.36 bits per heavy atom. The number of carbonyl (C=O) groups is 3. The molecule has 9 nitrogen and oxygen atoms in total. The second-order valence-corrected chi connectivity index (χ2v) is 7.59. The van der Waals surface area contributed by atoms with E-state index in [9.17, 15) is 14.4 Å². The van der Waals surface area contributed by atoms with E-state index in [1.54, 1.807) is 37.5 Å². The predicted octanol–water partition coefficient (Wildman–Crippen LogP) is 3.65. The molecule has 148 valence electrons. The molecule has 11 heteroatoms. The molecule has 0 bridgehead atoms. The van der Waals surface area contributed by atoms with Gasteiger partial charge in [0.15, 0.2) is 5.71 Å². The Hall–Kier alpha value is -2.79. The summed E-state index contributed by atoms with van der Waals surface area (Å²) in [6, 6.07) is 7.03. The van der Waals surface area contributed by atoms with E-state index in [1.807, 2.05) is 6.07 Å². The standard InChI is InChI=1S/C17H18N4O5S2/c1-11(27-4)18-25-16(23)20(2)28-21(3)17(24)26-19-14-10-9-12-7-5-6-8-13(12)15(14)22/h5-10H,1-4H3. The van der Waals surface area contributed by atoms with Crippen LogP contribution in [0, 0.1) is 0 Å². The van der Waals surface area contributed by atoms with E-state index in [4.69, 9.17) is 9.68 Å². The number of allylic oxidation sites excluding steroid dienone is 1. The first-order valence-corrected chi connectivity index (χ1v) is 9.85. The molecule has 0 aromatic heterocycles. The second kappa shape index (κ2) is 9.95. The highest BCUT2D eigenvalue weighted by Gasteiger charge is 2.22. The minimum atomic E-state index is -0.874. The van der Waals surface area contributed by atoms with E-state index in [0.29, 0.717) is 10.6 Å². The summed E-state index contributed by atoms with van der Waals surface area (Å²) >= 11 is 2.05. The largest absolute Gasteiger partial charge is 0.447 e. The molecular weight excluding hydrogens is 404 g/mol. The van der Waals surface area contributed by atoms with Crippen LogP contribution in [0.15, 0.2) is 40.7 Å². The number of Topliss-reactive ketones (excluding diaryl/α,β-unsaturated/α-hetero) is 1. The Morgan fingerprint density at radius 1 is 1.04 bits per heavy atom. The van der Waals surface area contributed by atoms with Gasteiger partial charge >= 0.3 is 12.2 Å². The van der Waals surface area contributed by atoms with Crippen LogP contribution in [0.4, 0.5) is 9.59 Å². The van der Waals surface area contributed by atoms with Crippen molar-refractivity contribution in [3.05, 3.63) is 41.5 Å². The minimum Gasteiger partial charge on any atom is -0.296 e. The van der Waals surface area contributed by atoms with E-state index >= 15 is 0 Å². The maximum atomic E-state index is 12.3. The van der Waals surface area contributed by atoms with Crippen molar-refractivity contribution in [3.63, 3.8) is 0 Å². The number of benzene rings is 1. The normalized spacial score (nSPS) is 14.5. The molecule has 0 spiro atoms. The van der Waals surface area contributed by atoms with Crippen LogP contribution in [0.25, 0.3) is 6.08 Å². The molecule has 2 rings (SSSR count).